The Bertz CT molecular complexity index is 362. The molecular weight excluding hydrogens is 217 g/mol. The van der Waals surface area contributed by atoms with Crippen LogP contribution in [0.1, 0.15) is 28.3 Å². The molecule has 90 valence electrons. The third-order valence-electron chi connectivity index (χ3n) is 2.52. The summed E-state index contributed by atoms with van der Waals surface area (Å²) in [5.41, 5.74) is 4.18. The van der Waals surface area contributed by atoms with Gasteiger partial charge in [-0.05, 0) is 37.5 Å². The summed E-state index contributed by atoms with van der Waals surface area (Å²) in [4.78, 5) is 0. The monoisotopic (exact) mass is 232 g/mol. The largest absolute Gasteiger partial charge is 0.409 e. The highest BCUT2D eigenvalue weighted by atomic mass is 19.4. The van der Waals surface area contributed by atoms with Crippen LogP contribution < -0.4 is 11.3 Å². The molecule has 5 heteroatoms. The number of benzene rings is 1. The lowest BCUT2D eigenvalue weighted by Crippen LogP contribution is -2.39. The number of hydrazine groups is 1. The van der Waals surface area contributed by atoms with Gasteiger partial charge in [0.15, 0.2) is 0 Å². The molecule has 2 nitrogen and oxygen atoms in total. The SMILES string of the molecule is Cc1cc(C)c([C@@H](NN)C(F)(F)F)c(C)c1. The van der Waals surface area contributed by atoms with Crippen molar-refractivity contribution in [2.75, 3.05) is 0 Å². The van der Waals surface area contributed by atoms with Crippen molar-refractivity contribution in [2.45, 2.75) is 33.0 Å². The van der Waals surface area contributed by atoms with E-state index in [0.29, 0.717) is 11.1 Å². The molecule has 0 aromatic heterocycles. The normalized spacial score (nSPS) is 13.9. The summed E-state index contributed by atoms with van der Waals surface area (Å²) in [6.07, 6.45) is -4.39. The summed E-state index contributed by atoms with van der Waals surface area (Å²) in [6, 6.07) is 1.63. The van der Waals surface area contributed by atoms with E-state index in [0.717, 1.165) is 5.56 Å². The number of alkyl halides is 3. The number of halogens is 3. The van der Waals surface area contributed by atoms with Gasteiger partial charge >= 0.3 is 6.18 Å². The van der Waals surface area contributed by atoms with E-state index in [-0.39, 0.29) is 5.56 Å². The third kappa shape index (κ3) is 2.54. The second-order valence-electron chi connectivity index (χ2n) is 3.95. The second kappa shape index (κ2) is 4.43. The lowest BCUT2D eigenvalue weighted by atomic mass is 9.94. The summed E-state index contributed by atoms with van der Waals surface area (Å²) in [5.74, 6) is 5.00. The molecule has 0 aliphatic heterocycles. The van der Waals surface area contributed by atoms with Crippen molar-refractivity contribution in [3.05, 3.63) is 34.4 Å². The Labute approximate surface area is 92.6 Å². The van der Waals surface area contributed by atoms with Crippen LogP contribution in [0.2, 0.25) is 0 Å². The molecule has 0 bridgehead atoms. The summed E-state index contributed by atoms with van der Waals surface area (Å²) in [7, 11) is 0. The minimum Gasteiger partial charge on any atom is -0.271 e. The predicted molar refractivity (Wildman–Crippen MR) is 56.8 cm³/mol. The lowest BCUT2D eigenvalue weighted by Gasteiger charge is -2.23. The molecule has 1 aromatic carbocycles. The predicted octanol–water partition coefficient (Wildman–Crippen LogP) is 2.68. The number of hydrogen-bond acceptors (Lipinski definition) is 2. The van der Waals surface area contributed by atoms with Crippen molar-refractivity contribution in [1.29, 1.82) is 0 Å². The van der Waals surface area contributed by atoms with Crippen LogP contribution in [-0.4, -0.2) is 6.18 Å². The molecule has 1 rings (SSSR count). The highest BCUT2D eigenvalue weighted by Crippen LogP contribution is 2.35. The van der Waals surface area contributed by atoms with E-state index in [4.69, 9.17) is 5.84 Å². The van der Waals surface area contributed by atoms with E-state index < -0.39 is 12.2 Å². The van der Waals surface area contributed by atoms with Crippen LogP contribution >= 0.6 is 0 Å². The molecule has 0 fully saturated rings. The van der Waals surface area contributed by atoms with Crippen molar-refractivity contribution in [3.8, 4) is 0 Å². The first kappa shape index (κ1) is 13.0. The van der Waals surface area contributed by atoms with Crippen molar-refractivity contribution < 1.29 is 13.2 Å². The molecule has 0 amide bonds. The first-order valence-electron chi connectivity index (χ1n) is 4.88. The smallest absolute Gasteiger partial charge is 0.271 e. The Kier molecular flexibility index (Phi) is 3.60. The molecule has 0 aliphatic carbocycles. The third-order valence-corrected chi connectivity index (χ3v) is 2.52. The highest BCUT2D eigenvalue weighted by Gasteiger charge is 2.41. The molecule has 0 saturated heterocycles. The minimum absolute atomic E-state index is 0.209. The van der Waals surface area contributed by atoms with Gasteiger partial charge in [-0.1, -0.05) is 17.7 Å². The average Bonchev–Trinajstić information content (AvgIpc) is 2.08. The van der Waals surface area contributed by atoms with Gasteiger partial charge in [-0.2, -0.15) is 13.2 Å². The zero-order valence-electron chi connectivity index (χ0n) is 9.44. The minimum atomic E-state index is -4.39. The molecule has 1 atom stereocenters. The average molecular weight is 232 g/mol. The van der Waals surface area contributed by atoms with Gasteiger partial charge in [0.2, 0.25) is 0 Å². The Morgan fingerprint density at radius 3 is 1.88 bits per heavy atom. The number of hydrogen-bond donors (Lipinski definition) is 2. The topological polar surface area (TPSA) is 38.0 Å². The zero-order valence-corrected chi connectivity index (χ0v) is 9.44. The van der Waals surface area contributed by atoms with Crippen molar-refractivity contribution in [1.82, 2.24) is 5.43 Å². The molecule has 0 saturated carbocycles. The molecule has 3 N–H and O–H groups in total. The van der Waals surface area contributed by atoms with E-state index >= 15 is 0 Å². The Morgan fingerprint density at radius 1 is 1.12 bits per heavy atom. The molecule has 0 unspecified atom stereocenters. The number of aryl methyl sites for hydroxylation is 3. The Morgan fingerprint density at radius 2 is 1.56 bits per heavy atom. The highest BCUT2D eigenvalue weighted by molar-refractivity contribution is 5.40. The summed E-state index contributed by atoms with van der Waals surface area (Å²) >= 11 is 0. The maximum atomic E-state index is 12.7. The van der Waals surface area contributed by atoms with E-state index in [9.17, 15) is 13.2 Å². The first-order chi connectivity index (χ1) is 7.27. The summed E-state index contributed by atoms with van der Waals surface area (Å²) < 4.78 is 38.2. The fourth-order valence-electron chi connectivity index (χ4n) is 1.99. The van der Waals surface area contributed by atoms with Crippen molar-refractivity contribution >= 4 is 0 Å². The summed E-state index contributed by atoms with van der Waals surface area (Å²) in [6.45, 7) is 5.17. The number of nitrogens with two attached hydrogens (primary N) is 1. The van der Waals surface area contributed by atoms with Crippen LogP contribution in [0, 0.1) is 20.8 Å². The van der Waals surface area contributed by atoms with Gasteiger partial charge in [-0.25, -0.2) is 5.43 Å². The van der Waals surface area contributed by atoms with Gasteiger partial charge in [0, 0.05) is 0 Å². The molecule has 0 spiro atoms. The van der Waals surface area contributed by atoms with E-state index in [1.165, 1.54) is 0 Å². The Balaban J connectivity index is 3.31. The van der Waals surface area contributed by atoms with Crippen LogP contribution in [0.25, 0.3) is 0 Å². The van der Waals surface area contributed by atoms with Crippen LogP contribution in [0.15, 0.2) is 12.1 Å². The first-order valence-corrected chi connectivity index (χ1v) is 4.88. The number of rotatable bonds is 2. The quantitative estimate of drug-likeness (QED) is 0.607. The maximum Gasteiger partial charge on any atom is 0.409 e. The van der Waals surface area contributed by atoms with Gasteiger partial charge in [0.25, 0.3) is 0 Å². The second-order valence-corrected chi connectivity index (χ2v) is 3.95. The Hall–Kier alpha value is -1.07. The van der Waals surface area contributed by atoms with E-state index in [1.807, 2.05) is 12.3 Å². The fraction of sp³-hybridized carbons (Fsp3) is 0.455. The van der Waals surface area contributed by atoms with Gasteiger partial charge in [-0.15, -0.1) is 0 Å². The van der Waals surface area contributed by atoms with Crippen molar-refractivity contribution in [2.24, 2.45) is 5.84 Å². The molecule has 0 aliphatic rings. The standard InChI is InChI=1S/C11H15F3N2/c1-6-4-7(2)9(8(3)5-6)10(16-15)11(12,13)14/h4-5,10,16H,15H2,1-3H3/t10-/m1/s1. The van der Waals surface area contributed by atoms with Crippen molar-refractivity contribution in [3.63, 3.8) is 0 Å². The van der Waals surface area contributed by atoms with Crippen LogP contribution in [0.4, 0.5) is 13.2 Å². The molecule has 16 heavy (non-hydrogen) atoms. The van der Waals surface area contributed by atoms with E-state index in [2.05, 4.69) is 0 Å². The fourth-order valence-corrected chi connectivity index (χ4v) is 1.99. The molecular formula is C11H15F3N2. The zero-order chi connectivity index (χ0) is 12.5. The molecule has 1 aromatic rings. The summed E-state index contributed by atoms with van der Waals surface area (Å²) in [5, 5.41) is 0. The molecule has 0 heterocycles. The van der Waals surface area contributed by atoms with Crippen LogP contribution in [0.5, 0.6) is 0 Å². The van der Waals surface area contributed by atoms with Gasteiger partial charge in [0.05, 0.1) is 0 Å². The maximum absolute atomic E-state index is 12.7. The number of nitrogens with one attached hydrogen (secondary N) is 1. The van der Waals surface area contributed by atoms with Gasteiger partial charge in [0.1, 0.15) is 6.04 Å². The van der Waals surface area contributed by atoms with E-state index in [1.54, 1.807) is 26.0 Å². The lowest BCUT2D eigenvalue weighted by molar-refractivity contribution is -0.158. The van der Waals surface area contributed by atoms with Crippen LogP contribution in [-0.2, 0) is 0 Å². The van der Waals surface area contributed by atoms with Crippen LogP contribution in [0.3, 0.4) is 0 Å². The van der Waals surface area contributed by atoms with Gasteiger partial charge < -0.3 is 0 Å². The molecule has 0 radical (unpaired) electrons. The van der Waals surface area contributed by atoms with Gasteiger partial charge in [-0.3, -0.25) is 5.84 Å².